The molecule has 0 aliphatic carbocycles. The lowest BCUT2D eigenvalue weighted by Gasteiger charge is -2.05. The van der Waals surface area contributed by atoms with Crippen LogP contribution in [0.2, 0.25) is 0 Å². The molecule has 0 aromatic carbocycles. The summed E-state index contributed by atoms with van der Waals surface area (Å²) in [5.74, 6) is 0. The molecule has 0 spiro atoms. The number of hydrogen-bond acceptors (Lipinski definition) is 1. The van der Waals surface area contributed by atoms with E-state index in [4.69, 9.17) is 0 Å². The smallest absolute Gasteiger partial charge is 0.0276 e. The summed E-state index contributed by atoms with van der Waals surface area (Å²) >= 11 is 0. The quantitative estimate of drug-likeness (QED) is 0.441. The van der Waals surface area contributed by atoms with Gasteiger partial charge in [-0.3, -0.25) is 4.99 Å². The van der Waals surface area contributed by atoms with Crippen molar-refractivity contribution in [3.05, 3.63) is 0 Å². The van der Waals surface area contributed by atoms with Crippen molar-refractivity contribution in [2.75, 3.05) is 7.05 Å². The lowest BCUT2D eigenvalue weighted by atomic mass is 10.1. The van der Waals surface area contributed by atoms with Crippen LogP contribution in [0.5, 0.6) is 0 Å². The standard InChI is InChI=1S/C8H18NP/c1-4-5-8(9-3)6-7(2)10/h7H,4-6,10H2,1-3H3/b9-8-. The Morgan fingerprint density at radius 1 is 1.60 bits per heavy atom. The van der Waals surface area contributed by atoms with Crippen LogP contribution in [0.1, 0.15) is 33.1 Å². The van der Waals surface area contributed by atoms with Gasteiger partial charge in [-0.1, -0.05) is 20.3 Å². The van der Waals surface area contributed by atoms with E-state index < -0.39 is 0 Å². The third-order valence-corrected chi connectivity index (χ3v) is 1.65. The number of rotatable bonds is 4. The maximum atomic E-state index is 4.22. The molecule has 0 saturated carbocycles. The maximum absolute atomic E-state index is 4.22. The summed E-state index contributed by atoms with van der Waals surface area (Å²) in [5.41, 5.74) is 2.02. The molecule has 2 heteroatoms. The zero-order valence-corrected chi connectivity index (χ0v) is 8.38. The Hall–Kier alpha value is 0.100. The fourth-order valence-electron chi connectivity index (χ4n) is 0.965. The van der Waals surface area contributed by atoms with Crippen LogP contribution >= 0.6 is 9.24 Å². The van der Waals surface area contributed by atoms with E-state index in [1.165, 1.54) is 12.1 Å². The minimum Gasteiger partial charge on any atom is -0.297 e. The number of nitrogens with zero attached hydrogens (tertiary/aromatic N) is 1. The molecular formula is C8H18NP. The molecule has 0 radical (unpaired) electrons. The molecule has 0 aromatic heterocycles. The molecule has 0 bridgehead atoms. The first-order valence-corrected chi connectivity index (χ1v) is 4.57. The van der Waals surface area contributed by atoms with Crippen LogP contribution in [0.4, 0.5) is 0 Å². The Morgan fingerprint density at radius 3 is 2.50 bits per heavy atom. The fraction of sp³-hybridized carbons (Fsp3) is 0.875. The van der Waals surface area contributed by atoms with Gasteiger partial charge >= 0.3 is 0 Å². The highest BCUT2D eigenvalue weighted by atomic mass is 31.0. The van der Waals surface area contributed by atoms with Gasteiger partial charge in [0.2, 0.25) is 0 Å². The molecule has 60 valence electrons. The highest BCUT2D eigenvalue weighted by Crippen LogP contribution is 2.08. The van der Waals surface area contributed by atoms with Crippen molar-refractivity contribution < 1.29 is 0 Å². The predicted molar refractivity (Wildman–Crippen MR) is 52.1 cm³/mol. The average Bonchev–Trinajstić information content (AvgIpc) is 1.86. The van der Waals surface area contributed by atoms with Gasteiger partial charge in [-0.05, 0) is 18.5 Å². The molecule has 0 heterocycles. The first kappa shape index (κ1) is 10.1. The van der Waals surface area contributed by atoms with Crippen molar-refractivity contribution in [3.63, 3.8) is 0 Å². The molecule has 0 fully saturated rings. The van der Waals surface area contributed by atoms with Gasteiger partial charge in [0.25, 0.3) is 0 Å². The zero-order valence-electron chi connectivity index (χ0n) is 7.22. The van der Waals surface area contributed by atoms with Crippen LogP contribution in [0, 0.1) is 0 Å². The second-order valence-electron chi connectivity index (χ2n) is 2.72. The third-order valence-electron chi connectivity index (χ3n) is 1.41. The molecule has 0 saturated heterocycles. The van der Waals surface area contributed by atoms with E-state index in [0.29, 0.717) is 5.66 Å². The molecule has 0 amide bonds. The lowest BCUT2D eigenvalue weighted by molar-refractivity contribution is 0.921. The number of hydrogen-bond donors (Lipinski definition) is 0. The van der Waals surface area contributed by atoms with Gasteiger partial charge in [-0.25, -0.2) is 0 Å². The molecule has 10 heavy (non-hydrogen) atoms. The summed E-state index contributed by atoms with van der Waals surface area (Å²) in [6, 6.07) is 0. The molecule has 0 rings (SSSR count). The summed E-state index contributed by atoms with van der Waals surface area (Å²) < 4.78 is 0. The Balaban J connectivity index is 3.62. The Labute approximate surface area is 66.5 Å². The van der Waals surface area contributed by atoms with Crippen LogP contribution in [0.15, 0.2) is 4.99 Å². The molecule has 0 aromatic rings. The minimum absolute atomic E-state index is 0.672. The topological polar surface area (TPSA) is 12.4 Å². The van der Waals surface area contributed by atoms with Gasteiger partial charge in [-0.2, -0.15) is 0 Å². The fourth-order valence-corrected chi connectivity index (χ4v) is 1.24. The monoisotopic (exact) mass is 159 g/mol. The summed E-state index contributed by atoms with van der Waals surface area (Å²) in [4.78, 5) is 4.22. The number of aliphatic imine (C=N–C) groups is 1. The lowest BCUT2D eigenvalue weighted by Crippen LogP contribution is -2.03. The second-order valence-corrected chi connectivity index (χ2v) is 3.86. The van der Waals surface area contributed by atoms with Crippen molar-refractivity contribution in [1.82, 2.24) is 0 Å². The highest BCUT2D eigenvalue weighted by Gasteiger charge is 1.99. The SMILES string of the molecule is CCC/C(CC(C)P)=N/C. The van der Waals surface area contributed by atoms with E-state index in [2.05, 4.69) is 28.1 Å². The third kappa shape index (κ3) is 4.93. The van der Waals surface area contributed by atoms with E-state index in [9.17, 15) is 0 Å². The van der Waals surface area contributed by atoms with Gasteiger partial charge < -0.3 is 0 Å². The normalized spacial score (nSPS) is 15.4. The molecule has 2 unspecified atom stereocenters. The van der Waals surface area contributed by atoms with Crippen LogP contribution in [-0.2, 0) is 0 Å². The minimum atomic E-state index is 0.672. The molecular weight excluding hydrogens is 141 g/mol. The summed E-state index contributed by atoms with van der Waals surface area (Å²) in [7, 11) is 4.69. The largest absolute Gasteiger partial charge is 0.297 e. The van der Waals surface area contributed by atoms with Gasteiger partial charge in [-0.15, -0.1) is 9.24 Å². The van der Waals surface area contributed by atoms with Crippen LogP contribution in [0.25, 0.3) is 0 Å². The molecule has 0 N–H and O–H groups in total. The van der Waals surface area contributed by atoms with Gasteiger partial charge in [0.15, 0.2) is 0 Å². The molecule has 0 aliphatic heterocycles. The van der Waals surface area contributed by atoms with Crippen molar-refractivity contribution in [2.45, 2.75) is 38.8 Å². The van der Waals surface area contributed by atoms with Crippen molar-refractivity contribution in [3.8, 4) is 0 Å². The highest BCUT2D eigenvalue weighted by molar-refractivity contribution is 7.17. The summed E-state index contributed by atoms with van der Waals surface area (Å²) in [5, 5.41) is 0. The van der Waals surface area contributed by atoms with Crippen LogP contribution < -0.4 is 0 Å². The zero-order chi connectivity index (χ0) is 7.98. The second kappa shape index (κ2) is 5.85. The summed E-state index contributed by atoms with van der Waals surface area (Å²) in [6.45, 7) is 4.39. The molecule has 1 nitrogen and oxygen atoms in total. The Bertz CT molecular complexity index is 108. The van der Waals surface area contributed by atoms with Crippen LogP contribution in [0.3, 0.4) is 0 Å². The first-order chi connectivity index (χ1) is 4.70. The maximum Gasteiger partial charge on any atom is 0.0276 e. The van der Waals surface area contributed by atoms with Crippen molar-refractivity contribution in [2.24, 2.45) is 4.99 Å². The molecule has 2 atom stereocenters. The van der Waals surface area contributed by atoms with Crippen LogP contribution in [-0.4, -0.2) is 18.4 Å². The van der Waals surface area contributed by atoms with E-state index >= 15 is 0 Å². The average molecular weight is 159 g/mol. The van der Waals surface area contributed by atoms with Crippen molar-refractivity contribution in [1.29, 1.82) is 0 Å². The Kier molecular flexibility index (Phi) is 5.91. The van der Waals surface area contributed by atoms with Gasteiger partial charge in [0.05, 0.1) is 0 Å². The first-order valence-electron chi connectivity index (χ1n) is 3.90. The summed E-state index contributed by atoms with van der Waals surface area (Å²) in [6.07, 6.45) is 3.51. The Morgan fingerprint density at radius 2 is 2.20 bits per heavy atom. The van der Waals surface area contributed by atoms with Gasteiger partial charge in [0.1, 0.15) is 0 Å². The van der Waals surface area contributed by atoms with E-state index in [0.717, 1.165) is 12.8 Å². The molecule has 0 aliphatic rings. The van der Waals surface area contributed by atoms with Gasteiger partial charge in [0, 0.05) is 12.8 Å². The van der Waals surface area contributed by atoms with E-state index in [1.807, 2.05) is 7.05 Å². The van der Waals surface area contributed by atoms with E-state index in [1.54, 1.807) is 0 Å². The van der Waals surface area contributed by atoms with Crippen molar-refractivity contribution >= 4 is 15.0 Å². The van der Waals surface area contributed by atoms with E-state index in [-0.39, 0.29) is 0 Å². The predicted octanol–water partition coefficient (Wildman–Crippen LogP) is 2.51.